The van der Waals surface area contributed by atoms with E-state index in [1.54, 1.807) is 54.6 Å². The molecular formula is C28H17BrN2O6. The second-order valence-electron chi connectivity index (χ2n) is 8.29. The Morgan fingerprint density at radius 1 is 1.08 bits per heavy atom. The van der Waals surface area contributed by atoms with Gasteiger partial charge in [-0.3, -0.25) is 19.3 Å². The third kappa shape index (κ3) is 4.39. The van der Waals surface area contributed by atoms with E-state index in [2.05, 4.69) is 15.9 Å². The number of aliphatic hydroxyl groups is 1. The number of furan rings is 1. The number of aliphatic hydroxyl groups excluding tert-OH is 1. The summed E-state index contributed by atoms with van der Waals surface area (Å²) in [6.07, 6.45) is 0. The van der Waals surface area contributed by atoms with E-state index in [0.29, 0.717) is 27.8 Å². The molecule has 1 aliphatic rings. The molecular weight excluding hydrogens is 540 g/mol. The van der Waals surface area contributed by atoms with Crippen LogP contribution in [0.1, 0.15) is 34.6 Å². The number of carbonyl (C=O) groups excluding carboxylic acids is 3. The first-order valence-electron chi connectivity index (χ1n) is 11.1. The van der Waals surface area contributed by atoms with Crippen LogP contribution in [-0.4, -0.2) is 22.8 Å². The van der Waals surface area contributed by atoms with E-state index in [4.69, 9.17) is 14.4 Å². The summed E-state index contributed by atoms with van der Waals surface area (Å²) in [6, 6.07) is 20.3. The van der Waals surface area contributed by atoms with Crippen LogP contribution in [0.5, 0.6) is 5.75 Å². The number of carbonyl (C=O) groups is 3. The largest absolute Gasteiger partial charge is 0.503 e. The summed E-state index contributed by atoms with van der Waals surface area (Å²) in [6.45, 7) is 1.26. The molecule has 0 saturated carbocycles. The Hall–Kier alpha value is -4.68. The smallest absolute Gasteiger partial charge is 0.308 e. The molecule has 1 aromatic heterocycles. The number of hydrogen-bond acceptors (Lipinski definition) is 7. The number of ketones is 1. The highest BCUT2D eigenvalue weighted by Crippen LogP contribution is 2.43. The van der Waals surface area contributed by atoms with Crippen LogP contribution < -0.4 is 9.64 Å². The van der Waals surface area contributed by atoms with Gasteiger partial charge in [-0.25, -0.2) is 0 Å². The second kappa shape index (κ2) is 9.41. The van der Waals surface area contributed by atoms with Crippen LogP contribution in [0.3, 0.4) is 0 Å². The molecule has 9 heteroatoms. The van der Waals surface area contributed by atoms with Crippen molar-refractivity contribution in [2.75, 3.05) is 4.90 Å². The molecule has 0 spiro atoms. The van der Waals surface area contributed by atoms with Crippen molar-refractivity contribution >= 4 is 50.2 Å². The highest BCUT2D eigenvalue weighted by molar-refractivity contribution is 9.10. The van der Waals surface area contributed by atoms with Gasteiger partial charge in [-0.2, -0.15) is 5.26 Å². The lowest BCUT2D eigenvalue weighted by Gasteiger charge is -2.27. The zero-order valence-electron chi connectivity index (χ0n) is 19.3. The third-order valence-electron chi connectivity index (χ3n) is 5.86. The Morgan fingerprint density at radius 2 is 1.84 bits per heavy atom. The first-order valence-corrected chi connectivity index (χ1v) is 11.8. The molecule has 1 atom stereocenters. The molecule has 0 saturated heterocycles. The average molecular weight is 557 g/mol. The fourth-order valence-corrected chi connectivity index (χ4v) is 4.67. The van der Waals surface area contributed by atoms with Crippen LogP contribution in [0.15, 0.2) is 93.0 Å². The predicted octanol–water partition coefficient (Wildman–Crippen LogP) is 5.78. The molecule has 1 aliphatic heterocycles. The molecule has 5 rings (SSSR count). The minimum Gasteiger partial charge on any atom is -0.503 e. The van der Waals surface area contributed by atoms with Crippen LogP contribution in [0.4, 0.5) is 5.69 Å². The molecule has 182 valence electrons. The van der Waals surface area contributed by atoms with Crippen molar-refractivity contribution in [3.63, 3.8) is 0 Å². The minimum absolute atomic E-state index is 0.0507. The average Bonchev–Trinajstić information content (AvgIpc) is 3.42. The first kappa shape index (κ1) is 24.0. The molecule has 1 unspecified atom stereocenters. The van der Waals surface area contributed by atoms with Crippen LogP contribution in [0.25, 0.3) is 11.0 Å². The number of ether oxygens (including phenoxy) is 1. The number of nitrogens with zero attached hydrogens (tertiary/aromatic N) is 2. The molecule has 8 nitrogen and oxygen atoms in total. The van der Waals surface area contributed by atoms with Gasteiger partial charge >= 0.3 is 5.97 Å². The van der Waals surface area contributed by atoms with Gasteiger partial charge in [-0.05, 0) is 66.2 Å². The van der Waals surface area contributed by atoms with Crippen molar-refractivity contribution in [1.82, 2.24) is 0 Å². The maximum Gasteiger partial charge on any atom is 0.308 e. The number of hydrogen-bond donors (Lipinski definition) is 1. The number of nitriles is 1. The van der Waals surface area contributed by atoms with Crippen LogP contribution in [0.2, 0.25) is 0 Å². The molecule has 0 fully saturated rings. The van der Waals surface area contributed by atoms with Gasteiger partial charge in [0.05, 0.1) is 23.2 Å². The highest BCUT2D eigenvalue weighted by Gasteiger charge is 2.45. The maximum absolute atomic E-state index is 13.8. The molecule has 1 N–H and O–H groups in total. The molecule has 0 aliphatic carbocycles. The lowest BCUT2D eigenvalue weighted by Crippen LogP contribution is -2.31. The van der Waals surface area contributed by atoms with E-state index in [1.165, 1.54) is 30.0 Å². The topological polar surface area (TPSA) is 121 Å². The van der Waals surface area contributed by atoms with E-state index >= 15 is 0 Å². The van der Waals surface area contributed by atoms with Crippen LogP contribution >= 0.6 is 15.9 Å². The third-order valence-corrected chi connectivity index (χ3v) is 6.36. The highest BCUT2D eigenvalue weighted by atomic mass is 79.9. The van der Waals surface area contributed by atoms with Gasteiger partial charge in [-0.15, -0.1) is 0 Å². The SMILES string of the molecule is CC(=O)Oc1cccc(C2C(C(=O)c3cc4cc(Br)ccc4o3)=C(O)C(=O)N2c2ccc(C#N)cc2)c1. The molecule has 0 bridgehead atoms. The number of Topliss-reactive ketones (excluding diaryl/α,β-unsaturated/α-hetero) is 1. The molecule has 2 heterocycles. The van der Waals surface area contributed by atoms with Gasteiger partial charge in [0.15, 0.2) is 11.5 Å². The van der Waals surface area contributed by atoms with Crippen molar-refractivity contribution in [2.45, 2.75) is 13.0 Å². The molecule has 3 aromatic carbocycles. The monoisotopic (exact) mass is 556 g/mol. The number of halogens is 1. The van der Waals surface area contributed by atoms with E-state index in [-0.39, 0.29) is 17.1 Å². The van der Waals surface area contributed by atoms with E-state index < -0.39 is 29.5 Å². The number of esters is 1. The van der Waals surface area contributed by atoms with Gasteiger partial charge in [0.25, 0.3) is 5.91 Å². The van der Waals surface area contributed by atoms with Gasteiger partial charge in [0, 0.05) is 22.5 Å². The summed E-state index contributed by atoms with van der Waals surface area (Å²) in [4.78, 5) is 39.9. The standard InChI is InChI=1S/C28H17BrN2O6/c1-15(32)36-21-4-2-3-17(12-21)25-24(26(33)23-13-18-11-19(29)7-10-22(18)37-23)27(34)28(35)31(25)20-8-5-16(14-30)6-9-20/h2-13,25,34H,1H3. The van der Waals surface area contributed by atoms with Crippen LogP contribution in [-0.2, 0) is 9.59 Å². The zero-order chi connectivity index (χ0) is 26.3. The Labute approximate surface area is 219 Å². The minimum atomic E-state index is -1.07. The van der Waals surface area contributed by atoms with E-state index in [0.717, 1.165) is 4.47 Å². The summed E-state index contributed by atoms with van der Waals surface area (Å²) < 4.78 is 11.8. The summed E-state index contributed by atoms with van der Waals surface area (Å²) >= 11 is 3.39. The van der Waals surface area contributed by atoms with Gasteiger partial charge in [0.2, 0.25) is 5.78 Å². The van der Waals surface area contributed by atoms with Gasteiger partial charge in [-0.1, -0.05) is 28.1 Å². The quantitative estimate of drug-likeness (QED) is 0.188. The number of fused-ring (bicyclic) bond motifs is 1. The fourth-order valence-electron chi connectivity index (χ4n) is 4.29. The summed E-state index contributed by atoms with van der Waals surface area (Å²) in [7, 11) is 0. The normalized spacial score (nSPS) is 15.2. The fraction of sp³-hybridized carbons (Fsp3) is 0.0714. The Balaban J connectivity index is 1.65. The van der Waals surface area contributed by atoms with Crippen LogP contribution in [0, 0.1) is 11.3 Å². The van der Waals surface area contributed by atoms with Crippen molar-refractivity contribution in [1.29, 1.82) is 5.26 Å². The Kier molecular flexibility index (Phi) is 6.11. The molecule has 37 heavy (non-hydrogen) atoms. The molecule has 1 amide bonds. The van der Waals surface area contributed by atoms with Crippen molar-refractivity contribution in [3.05, 3.63) is 105 Å². The molecule has 4 aromatic rings. The number of rotatable bonds is 5. The summed E-state index contributed by atoms with van der Waals surface area (Å²) in [5, 5.41) is 20.8. The van der Waals surface area contributed by atoms with Crippen molar-refractivity contribution in [3.8, 4) is 11.8 Å². The van der Waals surface area contributed by atoms with E-state index in [1.807, 2.05) is 6.07 Å². The first-order chi connectivity index (χ1) is 17.8. The Morgan fingerprint density at radius 3 is 2.54 bits per heavy atom. The lowest BCUT2D eigenvalue weighted by molar-refractivity contribution is -0.131. The summed E-state index contributed by atoms with van der Waals surface area (Å²) in [5.41, 5.74) is 1.43. The second-order valence-corrected chi connectivity index (χ2v) is 9.20. The van der Waals surface area contributed by atoms with Crippen molar-refractivity contribution < 1.29 is 28.6 Å². The van der Waals surface area contributed by atoms with Gasteiger partial charge in [0.1, 0.15) is 11.3 Å². The summed E-state index contributed by atoms with van der Waals surface area (Å²) in [5.74, 6) is -2.56. The number of benzene rings is 3. The number of amides is 1. The Bertz CT molecular complexity index is 1660. The predicted molar refractivity (Wildman–Crippen MR) is 137 cm³/mol. The molecule has 0 radical (unpaired) electrons. The van der Waals surface area contributed by atoms with Gasteiger partial charge < -0.3 is 14.3 Å². The maximum atomic E-state index is 13.8. The van der Waals surface area contributed by atoms with Crippen molar-refractivity contribution in [2.24, 2.45) is 0 Å². The zero-order valence-corrected chi connectivity index (χ0v) is 20.9. The number of anilines is 1. The lowest BCUT2D eigenvalue weighted by atomic mass is 9.94. The van der Waals surface area contributed by atoms with E-state index in [9.17, 15) is 19.5 Å².